The highest BCUT2D eigenvalue weighted by Gasteiger charge is 2.16. The van der Waals surface area contributed by atoms with Gasteiger partial charge >= 0.3 is 0 Å². The van der Waals surface area contributed by atoms with Crippen LogP contribution in [-0.2, 0) is 6.54 Å². The molecule has 4 heteroatoms. The van der Waals surface area contributed by atoms with E-state index in [-0.39, 0.29) is 0 Å². The summed E-state index contributed by atoms with van der Waals surface area (Å²) in [7, 11) is 2.16. The lowest BCUT2D eigenvalue weighted by atomic mass is 10.1. The van der Waals surface area contributed by atoms with Gasteiger partial charge in [0.1, 0.15) is 0 Å². The van der Waals surface area contributed by atoms with Crippen LogP contribution in [0.15, 0.2) is 0 Å². The Morgan fingerprint density at radius 2 is 1.95 bits per heavy atom. The minimum Gasteiger partial charge on any atom is -0.351 e. The van der Waals surface area contributed by atoms with Gasteiger partial charge in [0.25, 0.3) is 0 Å². The molecular formula is C15H29N3S. The van der Waals surface area contributed by atoms with Gasteiger partial charge in [-0.05, 0) is 24.8 Å². The second-order valence-electron chi connectivity index (χ2n) is 5.84. The van der Waals surface area contributed by atoms with E-state index in [1.807, 2.05) is 11.3 Å². The van der Waals surface area contributed by atoms with Crippen molar-refractivity contribution in [1.82, 2.24) is 10.3 Å². The zero-order chi connectivity index (χ0) is 14.4. The Morgan fingerprint density at radius 1 is 1.26 bits per heavy atom. The Morgan fingerprint density at radius 3 is 2.47 bits per heavy atom. The average Bonchev–Trinajstić information content (AvgIpc) is 2.77. The van der Waals surface area contributed by atoms with Gasteiger partial charge in [0, 0.05) is 25.0 Å². The van der Waals surface area contributed by atoms with Gasteiger partial charge in [0.05, 0.1) is 5.69 Å². The van der Waals surface area contributed by atoms with E-state index in [0.717, 1.165) is 30.7 Å². The number of nitrogens with one attached hydrogen (secondary N) is 1. The van der Waals surface area contributed by atoms with Gasteiger partial charge in [0.2, 0.25) is 0 Å². The molecule has 0 fully saturated rings. The molecule has 0 saturated heterocycles. The molecule has 0 aromatic carbocycles. The van der Waals surface area contributed by atoms with Gasteiger partial charge in [-0.15, -0.1) is 11.3 Å². The molecule has 1 rings (SSSR count). The summed E-state index contributed by atoms with van der Waals surface area (Å²) in [6.45, 7) is 14.2. The molecule has 19 heavy (non-hydrogen) atoms. The molecule has 1 aromatic rings. The Labute approximate surface area is 122 Å². The van der Waals surface area contributed by atoms with E-state index in [4.69, 9.17) is 4.98 Å². The summed E-state index contributed by atoms with van der Waals surface area (Å²) in [6, 6.07) is 0. The molecule has 1 aromatic heterocycles. The van der Waals surface area contributed by atoms with Crippen LogP contribution in [0.3, 0.4) is 0 Å². The maximum absolute atomic E-state index is 4.84. The standard InChI is InChI=1S/C15H29N3S/c1-7-16-10-13-14(12(4)5)17-15(19-13)18(6)9-8-11(2)3/h11-12,16H,7-10H2,1-6H3. The molecule has 1 heterocycles. The van der Waals surface area contributed by atoms with E-state index in [1.54, 1.807) is 0 Å². The van der Waals surface area contributed by atoms with Gasteiger partial charge in [-0.1, -0.05) is 34.6 Å². The molecule has 0 unspecified atom stereocenters. The molecule has 0 aliphatic carbocycles. The number of hydrogen-bond acceptors (Lipinski definition) is 4. The van der Waals surface area contributed by atoms with Gasteiger partial charge in [0.15, 0.2) is 5.13 Å². The molecule has 0 amide bonds. The molecule has 0 aliphatic rings. The van der Waals surface area contributed by atoms with E-state index >= 15 is 0 Å². The fraction of sp³-hybridized carbons (Fsp3) is 0.800. The highest BCUT2D eigenvalue weighted by Crippen LogP contribution is 2.30. The first kappa shape index (κ1) is 16.4. The maximum atomic E-state index is 4.84. The highest BCUT2D eigenvalue weighted by molar-refractivity contribution is 7.15. The van der Waals surface area contributed by atoms with Crippen molar-refractivity contribution in [2.75, 3.05) is 25.0 Å². The number of rotatable bonds is 8. The summed E-state index contributed by atoms with van der Waals surface area (Å²) in [5.74, 6) is 1.24. The van der Waals surface area contributed by atoms with Crippen molar-refractivity contribution in [1.29, 1.82) is 0 Å². The van der Waals surface area contributed by atoms with E-state index in [9.17, 15) is 0 Å². The van der Waals surface area contributed by atoms with Crippen LogP contribution >= 0.6 is 11.3 Å². The third kappa shape index (κ3) is 5.11. The van der Waals surface area contributed by atoms with Gasteiger partial charge in [-0.3, -0.25) is 0 Å². The highest BCUT2D eigenvalue weighted by atomic mass is 32.1. The minimum atomic E-state index is 0.497. The number of aromatic nitrogens is 1. The summed E-state index contributed by atoms with van der Waals surface area (Å²) >= 11 is 1.84. The van der Waals surface area contributed by atoms with Gasteiger partial charge in [-0.2, -0.15) is 0 Å². The predicted molar refractivity (Wildman–Crippen MR) is 86.3 cm³/mol. The van der Waals surface area contributed by atoms with Crippen molar-refractivity contribution in [2.24, 2.45) is 5.92 Å². The molecule has 0 atom stereocenters. The first-order chi connectivity index (χ1) is 8.95. The molecule has 0 bridgehead atoms. The molecule has 3 nitrogen and oxygen atoms in total. The maximum Gasteiger partial charge on any atom is 0.185 e. The summed E-state index contributed by atoms with van der Waals surface area (Å²) in [6.07, 6.45) is 1.22. The fourth-order valence-electron chi connectivity index (χ4n) is 1.88. The molecule has 0 spiro atoms. The van der Waals surface area contributed by atoms with Crippen LogP contribution in [-0.4, -0.2) is 25.1 Å². The molecule has 1 N–H and O–H groups in total. The van der Waals surface area contributed by atoms with Crippen molar-refractivity contribution in [3.63, 3.8) is 0 Å². The third-order valence-electron chi connectivity index (χ3n) is 3.17. The topological polar surface area (TPSA) is 28.2 Å². The predicted octanol–water partition coefficient (Wildman–Crippen LogP) is 3.86. The normalized spacial score (nSPS) is 11.6. The number of anilines is 1. The Kier molecular flexibility index (Phi) is 6.80. The van der Waals surface area contributed by atoms with Crippen molar-refractivity contribution in [3.8, 4) is 0 Å². The van der Waals surface area contributed by atoms with E-state index in [1.165, 1.54) is 17.0 Å². The van der Waals surface area contributed by atoms with Crippen molar-refractivity contribution >= 4 is 16.5 Å². The quantitative estimate of drug-likeness (QED) is 0.785. The monoisotopic (exact) mass is 283 g/mol. The van der Waals surface area contributed by atoms with Crippen molar-refractivity contribution in [2.45, 2.75) is 53.5 Å². The number of thiazole rings is 1. The molecule has 110 valence electrons. The first-order valence-electron chi connectivity index (χ1n) is 7.37. The van der Waals surface area contributed by atoms with Crippen LogP contribution in [0.4, 0.5) is 5.13 Å². The zero-order valence-electron chi connectivity index (χ0n) is 13.3. The van der Waals surface area contributed by atoms with Crippen LogP contribution in [0.5, 0.6) is 0 Å². The van der Waals surface area contributed by atoms with E-state index in [0.29, 0.717) is 5.92 Å². The lowest BCUT2D eigenvalue weighted by Gasteiger charge is -2.16. The van der Waals surface area contributed by atoms with E-state index < -0.39 is 0 Å². The summed E-state index contributed by atoms with van der Waals surface area (Å²) in [5, 5.41) is 4.58. The van der Waals surface area contributed by atoms with E-state index in [2.05, 4.69) is 51.9 Å². The minimum absolute atomic E-state index is 0.497. The molecule has 0 saturated carbocycles. The zero-order valence-corrected chi connectivity index (χ0v) is 14.1. The van der Waals surface area contributed by atoms with Gasteiger partial charge < -0.3 is 10.2 Å². The number of hydrogen-bond donors (Lipinski definition) is 1. The van der Waals surface area contributed by atoms with Crippen LogP contribution in [0.1, 0.15) is 57.5 Å². The molecule has 0 radical (unpaired) electrons. The van der Waals surface area contributed by atoms with Crippen LogP contribution in [0, 0.1) is 5.92 Å². The van der Waals surface area contributed by atoms with Crippen molar-refractivity contribution in [3.05, 3.63) is 10.6 Å². The lowest BCUT2D eigenvalue weighted by molar-refractivity contribution is 0.584. The molecule has 0 aliphatic heterocycles. The van der Waals surface area contributed by atoms with Crippen molar-refractivity contribution < 1.29 is 0 Å². The largest absolute Gasteiger partial charge is 0.351 e. The number of nitrogens with zero attached hydrogens (tertiary/aromatic N) is 2. The third-order valence-corrected chi connectivity index (χ3v) is 4.35. The Hall–Kier alpha value is -0.610. The first-order valence-corrected chi connectivity index (χ1v) is 8.18. The lowest BCUT2D eigenvalue weighted by Crippen LogP contribution is -2.19. The van der Waals surface area contributed by atoms with Gasteiger partial charge in [-0.25, -0.2) is 4.98 Å². The Bertz CT molecular complexity index is 371. The summed E-state index contributed by atoms with van der Waals surface area (Å²) in [4.78, 5) is 8.53. The van der Waals surface area contributed by atoms with Crippen LogP contribution < -0.4 is 10.2 Å². The summed E-state index contributed by atoms with van der Waals surface area (Å²) < 4.78 is 0. The van der Waals surface area contributed by atoms with Crippen LogP contribution in [0.25, 0.3) is 0 Å². The van der Waals surface area contributed by atoms with Crippen LogP contribution in [0.2, 0.25) is 0 Å². The Balaban J connectivity index is 2.78. The fourth-order valence-corrected chi connectivity index (χ4v) is 3.05. The second-order valence-corrected chi connectivity index (χ2v) is 6.91. The summed E-state index contributed by atoms with van der Waals surface area (Å²) in [5.41, 5.74) is 1.26. The second kappa shape index (κ2) is 7.85. The smallest absolute Gasteiger partial charge is 0.185 e. The molecular weight excluding hydrogens is 254 g/mol. The average molecular weight is 283 g/mol. The SMILES string of the molecule is CCNCc1sc(N(C)CCC(C)C)nc1C(C)C.